The van der Waals surface area contributed by atoms with Gasteiger partial charge in [-0.2, -0.15) is 0 Å². The third-order valence-electron chi connectivity index (χ3n) is 4.12. The Morgan fingerprint density at radius 2 is 2.08 bits per heavy atom. The van der Waals surface area contributed by atoms with Crippen molar-refractivity contribution in [1.82, 2.24) is 9.88 Å². The standard InChI is InChI=1S/C17H20FN3O2S.2ClH/c1-11-16(17(22)21-7-6-12(8-19)9-21)24-15(20-11)10-23-14-4-2-13(18)3-5-14;;/h2-5,12H,6-10,19H2,1H3;2*1H. The maximum Gasteiger partial charge on any atom is 0.265 e. The minimum absolute atomic E-state index is 0. The second kappa shape index (κ2) is 10.1. The lowest BCUT2D eigenvalue weighted by Gasteiger charge is -2.15. The third-order valence-corrected chi connectivity index (χ3v) is 5.24. The number of likely N-dealkylation sites (tertiary alicyclic amines) is 1. The van der Waals surface area contributed by atoms with Gasteiger partial charge in [-0.1, -0.05) is 0 Å². The summed E-state index contributed by atoms with van der Waals surface area (Å²) < 4.78 is 18.5. The van der Waals surface area contributed by atoms with Gasteiger partial charge in [-0.25, -0.2) is 9.37 Å². The Balaban J connectivity index is 0.00000169. The van der Waals surface area contributed by atoms with Crippen LogP contribution in [0.4, 0.5) is 4.39 Å². The predicted molar refractivity (Wildman–Crippen MR) is 105 cm³/mol. The summed E-state index contributed by atoms with van der Waals surface area (Å²) >= 11 is 1.35. The molecule has 144 valence electrons. The molecule has 1 unspecified atom stereocenters. The maximum atomic E-state index is 12.9. The summed E-state index contributed by atoms with van der Waals surface area (Å²) in [6.07, 6.45) is 0.959. The van der Waals surface area contributed by atoms with Crippen LogP contribution in [0.5, 0.6) is 5.75 Å². The van der Waals surface area contributed by atoms with E-state index in [9.17, 15) is 9.18 Å². The van der Waals surface area contributed by atoms with Crippen LogP contribution in [0.1, 0.15) is 26.8 Å². The van der Waals surface area contributed by atoms with Gasteiger partial charge in [0.1, 0.15) is 28.1 Å². The molecule has 1 aliphatic heterocycles. The molecule has 0 spiro atoms. The van der Waals surface area contributed by atoms with E-state index in [1.165, 1.54) is 23.5 Å². The second-order valence-electron chi connectivity index (χ2n) is 5.91. The van der Waals surface area contributed by atoms with E-state index in [0.29, 0.717) is 29.6 Å². The molecule has 2 aromatic rings. The molecule has 5 nitrogen and oxygen atoms in total. The average Bonchev–Trinajstić information content (AvgIpc) is 3.20. The van der Waals surface area contributed by atoms with Crippen molar-refractivity contribution in [2.75, 3.05) is 19.6 Å². The molecule has 1 amide bonds. The van der Waals surface area contributed by atoms with Crippen molar-refractivity contribution in [1.29, 1.82) is 0 Å². The first-order chi connectivity index (χ1) is 11.6. The molecule has 26 heavy (non-hydrogen) atoms. The van der Waals surface area contributed by atoms with E-state index in [1.807, 2.05) is 11.8 Å². The molecule has 1 fully saturated rings. The van der Waals surface area contributed by atoms with E-state index in [-0.39, 0.29) is 43.1 Å². The zero-order valence-electron chi connectivity index (χ0n) is 14.3. The highest BCUT2D eigenvalue weighted by atomic mass is 35.5. The quantitative estimate of drug-likeness (QED) is 0.802. The molecule has 1 atom stereocenters. The number of ether oxygens (including phenoxy) is 1. The number of carbonyl (C=O) groups is 1. The molecule has 2 heterocycles. The summed E-state index contributed by atoms with van der Waals surface area (Å²) in [6.45, 7) is 4.17. The number of nitrogens with zero attached hydrogens (tertiary/aromatic N) is 2. The van der Waals surface area contributed by atoms with Gasteiger partial charge in [0.25, 0.3) is 5.91 Å². The molecule has 1 aromatic heterocycles. The highest BCUT2D eigenvalue weighted by Gasteiger charge is 2.28. The fourth-order valence-corrected chi connectivity index (χ4v) is 3.69. The lowest BCUT2D eigenvalue weighted by Crippen LogP contribution is -2.29. The Hall–Kier alpha value is -1.41. The molecule has 1 aromatic carbocycles. The molecule has 9 heteroatoms. The van der Waals surface area contributed by atoms with Crippen molar-refractivity contribution in [3.8, 4) is 5.75 Å². The number of hydrogen-bond donors (Lipinski definition) is 1. The van der Waals surface area contributed by atoms with Crippen LogP contribution in [0.15, 0.2) is 24.3 Å². The summed E-state index contributed by atoms with van der Waals surface area (Å²) in [5, 5.41) is 0.731. The topological polar surface area (TPSA) is 68.5 Å². The first-order valence-electron chi connectivity index (χ1n) is 7.91. The first-order valence-corrected chi connectivity index (χ1v) is 8.72. The van der Waals surface area contributed by atoms with Gasteiger partial charge in [-0.3, -0.25) is 4.79 Å². The van der Waals surface area contributed by atoms with E-state index in [1.54, 1.807) is 12.1 Å². The van der Waals surface area contributed by atoms with Gasteiger partial charge in [0.05, 0.1) is 5.69 Å². The van der Waals surface area contributed by atoms with Crippen LogP contribution in [0.25, 0.3) is 0 Å². The number of rotatable bonds is 5. The number of aromatic nitrogens is 1. The van der Waals surface area contributed by atoms with Crippen LogP contribution in [0.3, 0.4) is 0 Å². The number of hydrogen-bond acceptors (Lipinski definition) is 5. The summed E-state index contributed by atoms with van der Waals surface area (Å²) in [4.78, 5) is 19.6. The Morgan fingerprint density at radius 3 is 2.69 bits per heavy atom. The summed E-state index contributed by atoms with van der Waals surface area (Å²) in [5.74, 6) is 0.682. The summed E-state index contributed by atoms with van der Waals surface area (Å²) in [5.41, 5.74) is 6.41. The third kappa shape index (κ3) is 5.30. The Labute approximate surface area is 168 Å². The van der Waals surface area contributed by atoms with Crippen molar-refractivity contribution >= 4 is 42.1 Å². The van der Waals surface area contributed by atoms with E-state index in [2.05, 4.69) is 4.98 Å². The first kappa shape index (κ1) is 22.6. The zero-order chi connectivity index (χ0) is 17.1. The molecular weight excluding hydrogens is 400 g/mol. The number of amides is 1. The van der Waals surface area contributed by atoms with Crippen LogP contribution >= 0.6 is 36.2 Å². The highest BCUT2D eigenvalue weighted by molar-refractivity contribution is 7.13. The molecular formula is C17H22Cl2FN3O2S. The molecule has 2 N–H and O–H groups in total. The largest absolute Gasteiger partial charge is 0.486 e. The van der Waals surface area contributed by atoms with Gasteiger partial charge in [0.2, 0.25) is 0 Å². The predicted octanol–water partition coefficient (Wildman–Crippen LogP) is 3.43. The van der Waals surface area contributed by atoms with Crippen LogP contribution in [-0.2, 0) is 6.61 Å². The Morgan fingerprint density at radius 1 is 1.38 bits per heavy atom. The number of carbonyl (C=O) groups excluding carboxylic acids is 1. The molecule has 0 radical (unpaired) electrons. The molecule has 0 bridgehead atoms. The Kier molecular flexibility index (Phi) is 8.76. The second-order valence-corrected chi connectivity index (χ2v) is 6.99. The van der Waals surface area contributed by atoms with Crippen LogP contribution < -0.4 is 10.5 Å². The van der Waals surface area contributed by atoms with Crippen molar-refractivity contribution in [3.63, 3.8) is 0 Å². The van der Waals surface area contributed by atoms with Crippen LogP contribution in [0, 0.1) is 18.7 Å². The van der Waals surface area contributed by atoms with Crippen molar-refractivity contribution in [2.45, 2.75) is 20.0 Å². The molecule has 0 aliphatic carbocycles. The van der Waals surface area contributed by atoms with E-state index in [0.717, 1.165) is 23.7 Å². The van der Waals surface area contributed by atoms with Crippen LogP contribution in [-0.4, -0.2) is 35.4 Å². The lowest BCUT2D eigenvalue weighted by atomic mass is 10.1. The molecule has 1 aliphatic rings. The van der Waals surface area contributed by atoms with Crippen molar-refractivity contribution in [3.05, 3.63) is 45.7 Å². The van der Waals surface area contributed by atoms with Gasteiger partial charge >= 0.3 is 0 Å². The average molecular weight is 422 g/mol. The fourth-order valence-electron chi connectivity index (χ4n) is 2.74. The van der Waals surface area contributed by atoms with Crippen molar-refractivity contribution < 1.29 is 13.9 Å². The molecule has 0 saturated carbocycles. The Bertz CT molecular complexity index is 727. The van der Waals surface area contributed by atoms with E-state index in [4.69, 9.17) is 10.5 Å². The summed E-state index contributed by atoms with van der Waals surface area (Å²) in [7, 11) is 0. The van der Waals surface area contributed by atoms with E-state index < -0.39 is 0 Å². The monoisotopic (exact) mass is 421 g/mol. The zero-order valence-corrected chi connectivity index (χ0v) is 16.8. The smallest absolute Gasteiger partial charge is 0.265 e. The van der Waals surface area contributed by atoms with Crippen molar-refractivity contribution in [2.24, 2.45) is 11.7 Å². The number of nitrogens with two attached hydrogens (primary N) is 1. The van der Waals surface area contributed by atoms with Gasteiger partial charge < -0.3 is 15.4 Å². The van der Waals surface area contributed by atoms with Crippen LogP contribution in [0.2, 0.25) is 0 Å². The fraction of sp³-hybridized carbons (Fsp3) is 0.412. The molecule has 3 rings (SSSR count). The number of thiazole rings is 1. The lowest BCUT2D eigenvalue weighted by molar-refractivity contribution is 0.0791. The normalized spacial score (nSPS) is 16.0. The van der Waals surface area contributed by atoms with E-state index >= 15 is 0 Å². The SMILES string of the molecule is Cc1nc(COc2ccc(F)cc2)sc1C(=O)N1CCC(CN)C1.Cl.Cl. The van der Waals surface area contributed by atoms with Gasteiger partial charge in [-0.15, -0.1) is 36.2 Å². The maximum absolute atomic E-state index is 12.9. The number of aryl methyl sites for hydroxylation is 1. The highest BCUT2D eigenvalue weighted by Crippen LogP contribution is 2.25. The van der Waals surface area contributed by atoms with Gasteiger partial charge in [0, 0.05) is 13.1 Å². The molecule has 1 saturated heterocycles. The van der Waals surface area contributed by atoms with Gasteiger partial charge in [-0.05, 0) is 50.1 Å². The minimum atomic E-state index is -0.304. The number of benzene rings is 1. The number of halogens is 3. The minimum Gasteiger partial charge on any atom is -0.486 e. The summed E-state index contributed by atoms with van der Waals surface area (Å²) in [6, 6.07) is 5.83. The van der Waals surface area contributed by atoms with Gasteiger partial charge in [0.15, 0.2) is 0 Å².